The first-order valence-corrected chi connectivity index (χ1v) is 10.9. The fraction of sp³-hybridized carbons (Fsp3) is 0.269. The summed E-state index contributed by atoms with van der Waals surface area (Å²) >= 11 is 0. The van der Waals surface area contributed by atoms with Crippen LogP contribution in [-0.2, 0) is 24.2 Å². The molecule has 0 saturated heterocycles. The van der Waals surface area contributed by atoms with E-state index in [0.717, 1.165) is 17.5 Å². The number of carbonyl (C=O) groups is 1. The molecule has 0 radical (unpaired) electrons. The van der Waals surface area contributed by atoms with E-state index in [4.69, 9.17) is 9.47 Å². The van der Waals surface area contributed by atoms with Gasteiger partial charge in [0.25, 0.3) is 5.91 Å². The van der Waals surface area contributed by atoms with E-state index >= 15 is 0 Å². The molecule has 1 aliphatic heterocycles. The molecule has 1 heterocycles. The van der Waals surface area contributed by atoms with E-state index in [1.165, 1.54) is 5.56 Å². The lowest BCUT2D eigenvalue weighted by Gasteiger charge is -2.22. The molecule has 4 rings (SSSR count). The quantitative estimate of drug-likeness (QED) is 0.426. The standard InChI is InChI=1S/C26H28N2O4/c29-24(12-11-19-7-3-1-4-8-19)27-14-13-21-15-22(31-17-20-9-5-2-6-10-20)16-23-26(21)32-18-25(30)28-23/h1-10,15-16,24,27,29H,11-14,17-18H2,(H,28,30). The van der Waals surface area contributed by atoms with E-state index in [1.807, 2.05) is 54.6 Å². The van der Waals surface area contributed by atoms with Crippen LogP contribution in [0.15, 0.2) is 72.8 Å². The van der Waals surface area contributed by atoms with Gasteiger partial charge < -0.3 is 19.9 Å². The van der Waals surface area contributed by atoms with Crippen LogP contribution in [0.4, 0.5) is 5.69 Å². The van der Waals surface area contributed by atoms with Gasteiger partial charge in [-0.25, -0.2) is 0 Å². The second kappa shape index (κ2) is 10.8. The van der Waals surface area contributed by atoms with Crippen molar-refractivity contribution in [2.45, 2.75) is 32.1 Å². The first-order valence-electron chi connectivity index (χ1n) is 10.9. The van der Waals surface area contributed by atoms with E-state index in [2.05, 4.69) is 22.8 Å². The molecule has 0 aliphatic carbocycles. The zero-order chi connectivity index (χ0) is 22.2. The van der Waals surface area contributed by atoms with Crippen LogP contribution in [0.2, 0.25) is 0 Å². The maximum Gasteiger partial charge on any atom is 0.262 e. The van der Waals surface area contributed by atoms with Gasteiger partial charge in [-0.3, -0.25) is 10.1 Å². The van der Waals surface area contributed by atoms with Crippen LogP contribution in [0.5, 0.6) is 11.5 Å². The highest BCUT2D eigenvalue weighted by Crippen LogP contribution is 2.36. The average Bonchev–Trinajstić information content (AvgIpc) is 2.82. The van der Waals surface area contributed by atoms with Gasteiger partial charge in [0, 0.05) is 18.2 Å². The minimum absolute atomic E-state index is 0.00263. The Labute approximate surface area is 188 Å². The number of aryl methyl sites for hydroxylation is 1. The van der Waals surface area contributed by atoms with Gasteiger partial charge in [-0.1, -0.05) is 60.7 Å². The van der Waals surface area contributed by atoms with Crippen molar-refractivity contribution in [3.8, 4) is 11.5 Å². The molecule has 3 N–H and O–H groups in total. The van der Waals surface area contributed by atoms with Crippen molar-refractivity contribution in [1.29, 1.82) is 0 Å². The Hall–Kier alpha value is -3.35. The number of ether oxygens (including phenoxy) is 2. The number of benzene rings is 3. The third-order valence-corrected chi connectivity index (χ3v) is 5.33. The fourth-order valence-electron chi connectivity index (χ4n) is 3.68. The summed E-state index contributed by atoms with van der Waals surface area (Å²) in [5, 5.41) is 16.3. The lowest BCUT2D eigenvalue weighted by Crippen LogP contribution is -2.31. The fourth-order valence-corrected chi connectivity index (χ4v) is 3.68. The molecule has 6 nitrogen and oxygen atoms in total. The van der Waals surface area contributed by atoms with Crippen molar-refractivity contribution in [3.05, 3.63) is 89.5 Å². The molecule has 3 aromatic rings. The highest BCUT2D eigenvalue weighted by atomic mass is 16.5. The lowest BCUT2D eigenvalue weighted by atomic mass is 10.1. The molecule has 166 valence electrons. The predicted octanol–water partition coefficient (Wildman–Crippen LogP) is 3.68. The van der Waals surface area contributed by atoms with Crippen molar-refractivity contribution in [2.24, 2.45) is 0 Å². The van der Waals surface area contributed by atoms with E-state index < -0.39 is 6.23 Å². The molecule has 0 fully saturated rings. The molecule has 0 spiro atoms. The zero-order valence-electron chi connectivity index (χ0n) is 17.9. The van der Waals surface area contributed by atoms with E-state index in [1.54, 1.807) is 6.07 Å². The van der Waals surface area contributed by atoms with Crippen molar-refractivity contribution in [2.75, 3.05) is 18.5 Å². The van der Waals surface area contributed by atoms with Gasteiger partial charge in [-0.2, -0.15) is 0 Å². The molecule has 1 unspecified atom stereocenters. The van der Waals surface area contributed by atoms with Crippen molar-refractivity contribution >= 4 is 11.6 Å². The maximum atomic E-state index is 11.8. The van der Waals surface area contributed by atoms with E-state index in [0.29, 0.717) is 43.2 Å². The third kappa shape index (κ3) is 6.09. The molecular formula is C26H28N2O4. The van der Waals surface area contributed by atoms with Gasteiger partial charge in [0.1, 0.15) is 24.3 Å². The van der Waals surface area contributed by atoms with Gasteiger partial charge in [-0.15, -0.1) is 0 Å². The monoisotopic (exact) mass is 432 g/mol. The van der Waals surface area contributed by atoms with Gasteiger partial charge >= 0.3 is 0 Å². The molecule has 0 bridgehead atoms. The topological polar surface area (TPSA) is 79.8 Å². The second-order valence-electron chi connectivity index (χ2n) is 7.81. The number of rotatable bonds is 10. The van der Waals surface area contributed by atoms with Gasteiger partial charge in [0.05, 0.1) is 5.69 Å². The van der Waals surface area contributed by atoms with Crippen LogP contribution in [0.1, 0.15) is 23.1 Å². The van der Waals surface area contributed by atoms with Crippen LogP contribution in [-0.4, -0.2) is 30.4 Å². The lowest BCUT2D eigenvalue weighted by molar-refractivity contribution is -0.118. The minimum Gasteiger partial charge on any atom is -0.489 e. The average molecular weight is 433 g/mol. The summed E-state index contributed by atoms with van der Waals surface area (Å²) < 4.78 is 11.7. The third-order valence-electron chi connectivity index (χ3n) is 5.33. The summed E-state index contributed by atoms with van der Waals surface area (Å²) in [6, 6.07) is 23.8. The summed E-state index contributed by atoms with van der Waals surface area (Å²) in [4.78, 5) is 11.8. The van der Waals surface area contributed by atoms with Crippen molar-refractivity contribution in [1.82, 2.24) is 5.32 Å². The number of hydrogen-bond acceptors (Lipinski definition) is 5. The Kier molecular flexibility index (Phi) is 7.38. The van der Waals surface area contributed by atoms with Gasteiger partial charge in [0.2, 0.25) is 0 Å². The normalized spacial score (nSPS) is 13.6. The first kappa shape index (κ1) is 21.9. The zero-order valence-corrected chi connectivity index (χ0v) is 17.9. The molecule has 1 aliphatic rings. The molecule has 32 heavy (non-hydrogen) atoms. The minimum atomic E-state index is -0.593. The van der Waals surface area contributed by atoms with Crippen LogP contribution < -0.4 is 20.1 Å². The summed E-state index contributed by atoms with van der Waals surface area (Å²) in [6.07, 6.45) is 1.48. The first-order chi connectivity index (χ1) is 15.7. The number of fused-ring (bicyclic) bond motifs is 1. The second-order valence-corrected chi connectivity index (χ2v) is 7.81. The number of hydrogen-bond donors (Lipinski definition) is 3. The van der Waals surface area contributed by atoms with Gasteiger partial charge in [0.15, 0.2) is 6.61 Å². The van der Waals surface area contributed by atoms with Gasteiger partial charge in [-0.05, 0) is 36.5 Å². The highest BCUT2D eigenvalue weighted by molar-refractivity contribution is 5.96. The molecule has 0 aromatic heterocycles. The summed E-state index contributed by atoms with van der Waals surface area (Å²) in [5.41, 5.74) is 3.81. The van der Waals surface area contributed by atoms with Crippen LogP contribution in [0.25, 0.3) is 0 Å². The summed E-state index contributed by atoms with van der Waals surface area (Å²) in [7, 11) is 0. The Morgan fingerprint density at radius 2 is 1.72 bits per heavy atom. The number of amides is 1. The Morgan fingerprint density at radius 1 is 1.00 bits per heavy atom. The molecule has 1 atom stereocenters. The summed E-state index contributed by atoms with van der Waals surface area (Å²) in [5.74, 6) is 1.15. The number of aliphatic hydroxyl groups is 1. The summed E-state index contributed by atoms with van der Waals surface area (Å²) in [6.45, 7) is 1.00. The highest BCUT2D eigenvalue weighted by Gasteiger charge is 2.21. The number of anilines is 1. The Morgan fingerprint density at radius 3 is 2.47 bits per heavy atom. The Bertz CT molecular complexity index is 1020. The Balaban J connectivity index is 1.36. The molecule has 0 saturated carbocycles. The van der Waals surface area contributed by atoms with Crippen LogP contribution in [0.3, 0.4) is 0 Å². The van der Waals surface area contributed by atoms with E-state index in [9.17, 15) is 9.90 Å². The van der Waals surface area contributed by atoms with Crippen molar-refractivity contribution in [3.63, 3.8) is 0 Å². The molecule has 1 amide bonds. The van der Waals surface area contributed by atoms with E-state index in [-0.39, 0.29) is 12.5 Å². The molecule has 3 aromatic carbocycles. The smallest absolute Gasteiger partial charge is 0.262 e. The van der Waals surface area contributed by atoms with Crippen LogP contribution in [0, 0.1) is 0 Å². The van der Waals surface area contributed by atoms with Crippen molar-refractivity contribution < 1.29 is 19.4 Å². The number of aliphatic hydroxyl groups excluding tert-OH is 1. The predicted molar refractivity (Wildman–Crippen MR) is 124 cm³/mol. The molecular weight excluding hydrogens is 404 g/mol. The number of nitrogens with one attached hydrogen (secondary N) is 2. The maximum absolute atomic E-state index is 11.8. The van der Waals surface area contributed by atoms with Crippen LogP contribution >= 0.6 is 0 Å². The SMILES string of the molecule is O=C1COc2c(CCNC(O)CCc3ccccc3)cc(OCc3ccccc3)cc2N1. The largest absolute Gasteiger partial charge is 0.489 e. The molecule has 6 heteroatoms. The number of carbonyl (C=O) groups excluding carboxylic acids is 1.